The van der Waals surface area contributed by atoms with Crippen molar-refractivity contribution >= 4 is 16.7 Å². The van der Waals surface area contributed by atoms with Gasteiger partial charge in [-0.3, -0.25) is 4.55 Å². The Morgan fingerprint density at radius 2 is 1.67 bits per heavy atom. The number of carbonyl (C=O) groups is 1. The van der Waals surface area contributed by atoms with Crippen LogP contribution in [-0.2, 0) is 19.4 Å². The molecule has 0 bridgehead atoms. The quantitative estimate of drug-likeness (QED) is 0.296. The van der Waals surface area contributed by atoms with Crippen LogP contribution in [0.4, 0.5) is 0 Å². The van der Waals surface area contributed by atoms with Crippen LogP contribution in [-0.4, -0.2) is 59.0 Å². The van der Waals surface area contributed by atoms with Crippen molar-refractivity contribution in [3.63, 3.8) is 0 Å². The van der Waals surface area contributed by atoms with Crippen LogP contribution in [0, 0.1) is 0 Å². The molecule has 90 valence electrons. The number of rotatable bonds is 6. The summed E-state index contributed by atoms with van der Waals surface area (Å²) in [7, 11) is -4.92. The highest BCUT2D eigenvalue weighted by Gasteiger charge is 2.32. The third kappa shape index (κ3) is 5.16. The van der Waals surface area contributed by atoms with Crippen LogP contribution in [0.5, 0.6) is 0 Å². The van der Waals surface area contributed by atoms with E-state index in [1.54, 1.807) is 0 Å². The Hall–Kier alpha value is -0.580. The highest BCUT2D eigenvalue weighted by Crippen LogP contribution is 2.08. The lowest BCUT2D eigenvalue weighted by molar-refractivity contribution is -0.129. The van der Waals surface area contributed by atoms with E-state index in [1.165, 1.54) is 0 Å². The van der Waals surface area contributed by atoms with Gasteiger partial charge in [0, 0.05) is 0 Å². The van der Waals surface area contributed by atoms with Gasteiger partial charge in [0.25, 0.3) is 0 Å². The molecule has 0 unspecified atom stereocenters. The van der Waals surface area contributed by atoms with E-state index in [0.717, 1.165) is 6.92 Å². The molecule has 0 heterocycles. The van der Waals surface area contributed by atoms with Crippen molar-refractivity contribution in [2.45, 2.75) is 31.3 Å². The highest BCUT2D eigenvalue weighted by molar-refractivity contribution is 7.80. The van der Waals surface area contributed by atoms with Gasteiger partial charge in [-0.25, -0.2) is 4.18 Å². The summed E-state index contributed by atoms with van der Waals surface area (Å²) in [4.78, 5) is 10.3. The maximum Gasteiger partial charge on any atom is 0.398 e. The normalized spacial score (nSPS) is 20.3. The number of hydrogen-bond acceptors (Lipinski definition) is 7. The average molecular weight is 244 g/mol. The molecule has 4 N–H and O–H groups in total. The smallest absolute Gasteiger partial charge is 0.391 e. The molecule has 0 rings (SSSR count). The second kappa shape index (κ2) is 5.49. The first kappa shape index (κ1) is 14.4. The van der Waals surface area contributed by atoms with Gasteiger partial charge in [0.2, 0.25) is 0 Å². The number of carbonyl (C=O) groups excluding carboxylic acids is 1. The fraction of sp³-hybridized carbons (Fsp3) is 0.833. The minimum atomic E-state index is -4.92. The summed E-state index contributed by atoms with van der Waals surface area (Å²) >= 11 is 0. The first-order valence-electron chi connectivity index (χ1n) is 3.84. The lowest BCUT2D eigenvalue weighted by Gasteiger charge is -2.23. The lowest BCUT2D eigenvalue weighted by atomic mass is 10.1. The monoisotopic (exact) mass is 244 g/mol. The Balaban J connectivity index is 4.61. The molecule has 0 aromatic rings. The van der Waals surface area contributed by atoms with Crippen molar-refractivity contribution in [3.8, 4) is 0 Å². The Bertz CT molecular complexity index is 296. The summed E-state index contributed by atoms with van der Waals surface area (Å²) < 4.78 is 32.4. The summed E-state index contributed by atoms with van der Waals surface area (Å²) in [5, 5.41) is 27.1. The molecule has 15 heavy (non-hydrogen) atoms. The van der Waals surface area contributed by atoms with Crippen molar-refractivity contribution in [3.05, 3.63) is 0 Å². The first-order valence-corrected chi connectivity index (χ1v) is 5.20. The largest absolute Gasteiger partial charge is 0.398 e. The van der Waals surface area contributed by atoms with Crippen LogP contribution < -0.4 is 0 Å². The zero-order valence-electron chi connectivity index (χ0n) is 7.72. The van der Waals surface area contributed by atoms with E-state index >= 15 is 0 Å². The number of aliphatic hydroxyl groups is 3. The van der Waals surface area contributed by atoms with Gasteiger partial charge in [-0.1, -0.05) is 0 Å². The molecule has 0 spiro atoms. The van der Waals surface area contributed by atoms with Crippen molar-refractivity contribution < 1.29 is 37.3 Å². The number of aliphatic hydroxyl groups excluding tert-OH is 3. The molecule has 0 saturated heterocycles. The summed E-state index contributed by atoms with van der Waals surface area (Å²) in [5.74, 6) is 0. The van der Waals surface area contributed by atoms with Crippen molar-refractivity contribution in [2.24, 2.45) is 0 Å². The Labute approximate surface area is 86.1 Å². The van der Waals surface area contributed by atoms with Crippen LogP contribution in [0.3, 0.4) is 0 Å². The summed E-state index contributed by atoms with van der Waals surface area (Å²) in [5.41, 5.74) is 0. The van der Waals surface area contributed by atoms with Crippen LogP contribution >= 0.6 is 0 Å². The van der Waals surface area contributed by atoms with Gasteiger partial charge in [0.1, 0.15) is 12.2 Å². The van der Waals surface area contributed by atoms with Crippen molar-refractivity contribution in [1.82, 2.24) is 0 Å². The zero-order valence-corrected chi connectivity index (χ0v) is 8.53. The maximum atomic E-state index is 10.3. The van der Waals surface area contributed by atoms with E-state index in [-0.39, 0.29) is 6.29 Å². The molecule has 0 aliphatic rings. The summed E-state index contributed by atoms with van der Waals surface area (Å²) in [6.45, 7) is 1.11. The van der Waals surface area contributed by atoms with Gasteiger partial charge < -0.3 is 20.1 Å². The van der Waals surface area contributed by atoms with Crippen LogP contribution in [0.15, 0.2) is 0 Å². The van der Waals surface area contributed by atoms with Crippen molar-refractivity contribution in [1.29, 1.82) is 0 Å². The number of aldehydes is 1. The topological polar surface area (TPSA) is 141 Å². The molecule has 0 aliphatic heterocycles. The standard InChI is InChI=1S/C6H12O8S/c1-3(8)5(9)6(10)4(2-7)14-15(11,12)13/h2-6,8-10H,1H3,(H,11,12,13)/t3-,4+,5+,6-/m0/s1. The highest BCUT2D eigenvalue weighted by atomic mass is 32.3. The maximum absolute atomic E-state index is 10.3. The third-order valence-electron chi connectivity index (χ3n) is 1.55. The van der Waals surface area contributed by atoms with Crippen LogP contribution in [0.25, 0.3) is 0 Å². The van der Waals surface area contributed by atoms with Crippen LogP contribution in [0.1, 0.15) is 6.92 Å². The lowest BCUT2D eigenvalue weighted by Crippen LogP contribution is -2.45. The molecule has 4 atom stereocenters. The predicted octanol–water partition coefficient (Wildman–Crippen LogP) is -2.52. The van der Waals surface area contributed by atoms with Gasteiger partial charge in [-0.2, -0.15) is 8.42 Å². The minimum Gasteiger partial charge on any atom is -0.391 e. The molecular weight excluding hydrogens is 232 g/mol. The summed E-state index contributed by atoms with van der Waals surface area (Å²) in [6.07, 6.45) is -7.24. The molecule has 0 aromatic carbocycles. The molecule has 0 fully saturated rings. The van der Waals surface area contributed by atoms with E-state index in [1.807, 2.05) is 0 Å². The Morgan fingerprint density at radius 3 is 1.93 bits per heavy atom. The Morgan fingerprint density at radius 1 is 1.20 bits per heavy atom. The molecule has 8 nitrogen and oxygen atoms in total. The minimum absolute atomic E-state index is 0.121. The van der Waals surface area contributed by atoms with E-state index in [0.29, 0.717) is 0 Å². The van der Waals surface area contributed by atoms with E-state index in [2.05, 4.69) is 4.18 Å². The van der Waals surface area contributed by atoms with Gasteiger partial charge >= 0.3 is 10.4 Å². The molecule has 0 aliphatic carbocycles. The third-order valence-corrected chi connectivity index (χ3v) is 2.01. The molecule has 0 saturated carbocycles. The molecule has 0 aromatic heterocycles. The first-order chi connectivity index (χ1) is 6.69. The predicted molar refractivity (Wildman–Crippen MR) is 46.2 cm³/mol. The zero-order chi connectivity index (χ0) is 12.2. The van der Waals surface area contributed by atoms with Gasteiger partial charge in [-0.15, -0.1) is 0 Å². The van der Waals surface area contributed by atoms with Gasteiger partial charge in [0.15, 0.2) is 12.4 Å². The van der Waals surface area contributed by atoms with Crippen LogP contribution in [0.2, 0.25) is 0 Å². The van der Waals surface area contributed by atoms with E-state index in [4.69, 9.17) is 19.9 Å². The van der Waals surface area contributed by atoms with E-state index < -0.39 is 34.8 Å². The fourth-order valence-electron chi connectivity index (χ4n) is 0.780. The van der Waals surface area contributed by atoms with E-state index in [9.17, 15) is 13.2 Å². The second-order valence-electron chi connectivity index (χ2n) is 2.85. The molecule has 0 amide bonds. The molecular formula is C6H12O8S. The molecule has 9 heteroatoms. The molecule has 0 radical (unpaired) electrons. The van der Waals surface area contributed by atoms with Gasteiger partial charge in [-0.05, 0) is 6.92 Å². The van der Waals surface area contributed by atoms with Crippen molar-refractivity contribution in [2.75, 3.05) is 0 Å². The average Bonchev–Trinajstić information content (AvgIpc) is 2.10. The number of hydrogen-bond donors (Lipinski definition) is 4. The SMILES string of the molecule is C[C@H](O)[C@@H](O)[C@@H](O)[C@@H](C=O)OS(=O)(=O)O. The Kier molecular flexibility index (Phi) is 5.28. The summed E-state index contributed by atoms with van der Waals surface area (Å²) in [6, 6.07) is 0. The fourth-order valence-corrected chi connectivity index (χ4v) is 1.22. The second-order valence-corrected chi connectivity index (χ2v) is 3.89. The van der Waals surface area contributed by atoms with Gasteiger partial charge in [0.05, 0.1) is 6.10 Å².